The zero-order valence-corrected chi connectivity index (χ0v) is 12.7. The molecule has 1 saturated heterocycles. The second-order valence-corrected chi connectivity index (χ2v) is 6.97. The fourth-order valence-electron chi connectivity index (χ4n) is 2.29. The number of ether oxygens (including phenoxy) is 1. The lowest BCUT2D eigenvalue weighted by molar-refractivity contribution is 0.124. The van der Waals surface area contributed by atoms with Crippen LogP contribution >= 0.6 is 0 Å². The average molecular weight is 310 g/mol. The summed E-state index contributed by atoms with van der Waals surface area (Å²) in [7, 11) is -3.22. The van der Waals surface area contributed by atoms with Gasteiger partial charge in [0.2, 0.25) is 15.7 Å². The Kier molecular flexibility index (Phi) is 5.09. The zero-order chi connectivity index (χ0) is 15.3. The van der Waals surface area contributed by atoms with E-state index in [1.807, 2.05) is 13.0 Å². The molecule has 0 saturated carbocycles. The third-order valence-corrected chi connectivity index (χ3v) is 5.29. The van der Waals surface area contributed by atoms with Gasteiger partial charge in [0.05, 0.1) is 12.3 Å². The van der Waals surface area contributed by atoms with Gasteiger partial charge in [0.1, 0.15) is 12.2 Å². The molecule has 1 aliphatic heterocycles. The number of hydrogen-bond acceptors (Lipinski definition) is 6. The number of aromatic nitrogens is 2. The van der Waals surface area contributed by atoms with Gasteiger partial charge in [-0.1, -0.05) is 6.92 Å². The van der Waals surface area contributed by atoms with Gasteiger partial charge in [-0.2, -0.15) is 9.57 Å². The Balaban J connectivity index is 2.07. The van der Waals surface area contributed by atoms with Crippen molar-refractivity contribution in [2.45, 2.75) is 32.3 Å². The van der Waals surface area contributed by atoms with Crippen molar-refractivity contribution in [2.24, 2.45) is 0 Å². The van der Waals surface area contributed by atoms with Crippen LogP contribution in [0.2, 0.25) is 0 Å². The lowest BCUT2D eigenvalue weighted by atomic mass is 10.1. The van der Waals surface area contributed by atoms with Gasteiger partial charge < -0.3 is 4.74 Å². The number of piperidine rings is 1. The summed E-state index contributed by atoms with van der Waals surface area (Å²) in [6, 6.07) is 1.92. The first-order valence-electron chi connectivity index (χ1n) is 6.92. The minimum Gasteiger partial charge on any atom is -0.471 e. The van der Waals surface area contributed by atoms with Crippen molar-refractivity contribution in [3.8, 4) is 11.9 Å². The molecule has 114 valence electrons. The quantitative estimate of drug-likeness (QED) is 0.802. The molecule has 1 atom stereocenters. The number of nitriles is 1. The molecule has 7 nitrogen and oxygen atoms in total. The van der Waals surface area contributed by atoms with Crippen LogP contribution < -0.4 is 4.74 Å². The standard InChI is InChI=1S/C13H18N4O3S/c1-2-8-21(18,19)17-7-3-4-11(10-17)20-13-12(9-14)15-5-6-16-13/h5-6,11H,2-4,7-8,10H2,1H3. The van der Waals surface area contributed by atoms with E-state index >= 15 is 0 Å². The molecule has 1 aliphatic rings. The zero-order valence-electron chi connectivity index (χ0n) is 11.9. The molecule has 0 spiro atoms. The molecule has 8 heteroatoms. The van der Waals surface area contributed by atoms with Crippen molar-refractivity contribution in [3.63, 3.8) is 0 Å². The Labute approximate surface area is 124 Å². The predicted molar refractivity (Wildman–Crippen MR) is 76.0 cm³/mol. The topological polar surface area (TPSA) is 96.2 Å². The highest BCUT2D eigenvalue weighted by Gasteiger charge is 2.29. The van der Waals surface area contributed by atoms with E-state index in [0.29, 0.717) is 19.5 Å². The highest BCUT2D eigenvalue weighted by atomic mass is 32.2. The van der Waals surface area contributed by atoms with Crippen LogP contribution in [0.3, 0.4) is 0 Å². The van der Waals surface area contributed by atoms with Crippen LogP contribution in [0.4, 0.5) is 0 Å². The van der Waals surface area contributed by atoms with Gasteiger partial charge in [-0.25, -0.2) is 18.4 Å². The first kappa shape index (κ1) is 15.7. The maximum absolute atomic E-state index is 12.1. The van der Waals surface area contributed by atoms with Gasteiger partial charge in [0.25, 0.3) is 5.88 Å². The van der Waals surface area contributed by atoms with E-state index in [1.165, 1.54) is 16.7 Å². The molecular weight excluding hydrogens is 292 g/mol. The molecule has 1 fully saturated rings. The molecule has 1 unspecified atom stereocenters. The number of hydrogen-bond donors (Lipinski definition) is 0. The predicted octanol–water partition coefficient (Wildman–Crippen LogP) is 0.931. The summed E-state index contributed by atoms with van der Waals surface area (Å²) in [6.07, 6.45) is 4.63. The number of rotatable bonds is 5. The van der Waals surface area contributed by atoms with E-state index in [9.17, 15) is 8.42 Å². The maximum atomic E-state index is 12.1. The second-order valence-electron chi connectivity index (χ2n) is 4.88. The SMILES string of the molecule is CCCS(=O)(=O)N1CCCC(Oc2nccnc2C#N)C1. The summed E-state index contributed by atoms with van der Waals surface area (Å²) < 4.78 is 31.3. The van der Waals surface area contributed by atoms with Crippen LogP contribution in [0.5, 0.6) is 5.88 Å². The van der Waals surface area contributed by atoms with Crippen molar-refractivity contribution in [2.75, 3.05) is 18.8 Å². The third kappa shape index (κ3) is 3.89. The van der Waals surface area contributed by atoms with Gasteiger partial charge in [0, 0.05) is 18.9 Å². The molecule has 1 aromatic rings. The first-order valence-corrected chi connectivity index (χ1v) is 8.53. The van der Waals surface area contributed by atoms with E-state index in [2.05, 4.69) is 9.97 Å². The van der Waals surface area contributed by atoms with Gasteiger partial charge in [0.15, 0.2) is 0 Å². The summed E-state index contributed by atoms with van der Waals surface area (Å²) in [5.74, 6) is 0.314. The highest BCUT2D eigenvalue weighted by Crippen LogP contribution is 2.20. The number of nitrogens with zero attached hydrogens (tertiary/aromatic N) is 4. The normalized spacial score (nSPS) is 19.9. The molecular formula is C13H18N4O3S. The van der Waals surface area contributed by atoms with E-state index in [-0.39, 0.29) is 23.4 Å². The van der Waals surface area contributed by atoms with E-state index < -0.39 is 10.0 Å². The Bertz CT molecular complexity index is 627. The van der Waals surface area contributed by atoms with Crippen LogP contribution in [0, 0.1) is 11.3 Å². The third-order valence-electron chi connectivity index (χ3n) is 3.25. The molecule has 0 amide bonds. The highest BCUT2D eigenvalue weighted by molar-refractivity contribution is 7.89. The summed E-state index contributed by atoms with van der Waals surface area (Å²) >= 11 is 0. The van der Waals surface area contributed by atoms with Gasteiger partial charge >= 0.3 is 0 Å². The Hall–Kier alpha value is -1.72. The summed E-state index contributed by atoms with van der Waals surface area (Å²) in [5.41, 5.74) is 0.117. The van der Waals surface area contributed by atoms with Crippen LogP contribution in [0.15, 0.2) is 12.4 Å². The van der Waals surface area contributed by atoms with Gasteiger partial charge in [-0.3, -0.25) is 0 Å². The molecule has 2 rings (SSSR count). The molecule has 21 heavy (non-hydrogen) atoms. The smallest absolute Gasteiger partial charge is 0.251 e. The summed E-state index contributed by atoms with van der Waals surface area (Å²) in [4.78, 5) is 7.87. The van der Waals surface area contributed by atoms with Crippen LogP contribution in [-0.2, 0) is 10.0 Å². The Morgan fingerprint density at radius 2 is 2.24 bits per heavy atom. The van der Waals surface area contributed by atoms with Crippen LogP contribution in [0.25, 0.3) is 0 Å². The Morgan fingerprint density at radius 1 is 1.48 bits per heavy atom. The van der Waals surface area contributed by atoms with Crippen molar-refractivity contribution in [1.29, 1.82) is 5.26 Å². The minimum absolute atomic E-state index is 0.117. The molecule has 1 aromatic heterocycles. The first-order chi connectivity index (χ1) is 10.1. The molecule has 0 aliphatic carbocycles. The average Bonchev–Trinajstić information content (AvgIpc) is 2.48. The molecule has 0 radical (unpaired) electrons. The maximum Gasteiger partial charge on any atom is 0.251 e. The summed E-state index contributed by atoms with van der Waals surface area (Å²) in [6.45, 7) is 2.66. The van der Waals surface area contributed by atoms with Crippen molar-refractivity contribution in [3.05, 3.63) is 18.1 Å². The van der Waals surface area contributed by atoms with E-state index in [1.54, 1.807) is 0 Å². The van der Waals surface area contributed by atoms with Gasteiger partial charge in [-0.15, -0.1) is 0 Å². The number of sulfonamides is 1. The fourth-order valence-corrected chi connectivity index (χ4v) is 3.86. The molecule has 2 heterocycles. The van der Waals surface area contributed by atoms with E-state index in [4.69, 9.17) is 10.00 Å². The van der Waals surface area contributed by atoms with Crippen LogP contribution in [-0.4, -0.2) is 47.6 Å². The van der Waals surface area contributed by atoms with Crippen molar-refractivity contribution in [1.82, 2.24) is 14.3 Å². The lowest BCUT2D eigenvalue weighted by Gasteiger charge is -2.31. The Morgan fingerprint density at radius 3 is 2.95 bits per heavy atom. The van der Waals surface area contributed by atoms with Crippen molar-refractivity contribution < 1.29 is 13.2 Å². The van der Waals surface area contributed by atoms with Crippen LogP contribution in [0.1, 0.15) is 31.9 Å². The molecule has 0 bridgehead atoms. The van der Waals surface area contributed by atoms with Crippen molar-refractivity contribution >= 4 is 10.0 Å². The van der Waals surface area contributed by atoms with E-state index in [0.717, 1.165) is 12.8 Å². The minimum atomic E-state index is -3.22. The van der Waals surface area contributed by atoms with Gasteiger partial charge in [-0.05, 0) is 19.3 Å². The lowest BCUT2D eigenvalue weighted by Crippen LogP contribution is -2.45. The monoisotopic (exact) mass is 310 g/mol. The molecule has 0 aromatic carbocycles. The summed E-state index contributed by atoms with van der Waals surface area (Å²) in [5, 5.41) is 8.96. The molecule has 0 N–H and O–H groups in total. The second kappa shape index (κ2) is 6.83. The largest absolute Gasteiger partial charge is 0.471 e. The fraction of sp³-hybridized carbons (Fsp3) is 0.615.